The lowest BCUT2D eigenvalue weighted by molar-refractivity contribution is 0.630. The van der Waals surface area contributed by atoms with Gasteiger partial charge in [0.05, 0.1) is 44.8 Å². The summed E-state index contributed by atoms with van der Waals surface area (Å²) in [5.41, 5.74) is 17.6. The van der Waals surface area contributed by atoms with Gasteiger partial charge in [-0.3, -0.25) is 0 Å². The minimum Gasteiger partial charge on any atom is -0.309 e. The van der Waals surface area contributed by atoms with Crippen LogP contribution < -0.4 is 0 Å². The predicted molar refractivity (Wildman–Crippen MR) is 231 cm³/mol. The quantitative estimate of drug-likeness (QED) is 0.182. The van der Waals surface area contributed by atoms with Crippen LogP contribution in [-0.2, 0) is 10.8 Å². The zero-order chi connectivity index (χ0) is 37.5. The highest BCUT2D eigenvalue weighted by Gasteiger charge is 2.36. The molecule has 2 aliphatic heterocycles. The Labute approximate surface area is 325 Å². The van der Waals surface area contributed by atoms with Crippen molar-refractivity contribution in [2.75, 3.05) is 0 Å². The van der Waals surface area contributed by atoms with Crippen LogP contribution >= 0.6 is 0 Å². The zero-order valence-electron chi connectivity index (χ0n) is 31.8. The molecule has 0 spiro atoms. The van der Waals surface area contributed by atoms with E-state index in [9.17, 15) is 0 Å². The van der Waals surface area contributed by atoms with Gasteiger partial charge in [-0.25, -0.2) is 9.97 Å². The van der Waals surface area contributed by atoms with Gasteiger partial charge in [0.15, 0.2) is 5.82 Å². The molecule has 266 valence electrons. The molecule has 0 atom stereocenters. The van der Waals surface area contributed by atoms with Crippen LogP contribution in [0.3, 0.4) is 0 Å². The summed E-state index contributed by atoms with van der Waals surface area (Å²) in [5, 5.41) is 4.99. The van der Waals surface area contributed by atoms with Gasteiger partial charge in [-0.1, -0.05) is 143 Å². The van der Waals surface area contributed by atoms with Gasteiger partial charge in [-0.15, -0.1) is 0 Å². The maximum Gasteiger partial charge on any atom is 0.160 e. The predicted octanol–water partition coefficient (Wildman–Crippen LogP) is 13.0. The molecule has 4 nitrogen and oxygen atoms in total. The average molecular weight is 719 g/mol. The van der Waals surface area contributed by atoms with E-state index in [1.165, 1.54) is 77.2 Å². The average Bonchev–Trinajstić information content (AvgIpc) is 3.75. The van der Waals surface area contributed by atoms with Gasteiger partial charge in [0.25, 0.3) is 0 Å². The number of rotatable bonds is 3. The summed E-state index contributed by atoms with van der Waals surface area (Å²) in [6, 6.07) is 57.6. The fourth-order valence-electron chi connectivity index (χ4n) is 10.1. The molecule has 0 N–H and O–H groups in total. The van der Waals surface area contributed by atoms with Crippen molar-refractivity contribution in [1.29, 1.82) is 0 Å². The first kappa shape index (κ1) is 31.6. The molecule has 0 bridgehead atoms. The third-order valence-electron chi connectivity index (χ3n) is 12.9. The second-order valence-electron chi connectivity index (χ2n) is 16.7. The van der Waals surface area contributed by atoms with E-state index >= 15 is 0 Å². The molecule has 2 aliphatic rings. The Morgan fingerprint density at radius 1 is 0.375 bits per heavy atom. The van der Waals surface area contributed by atoms with Crippen molar-refractivity contribution in [2.24, 2.45) is 0 Å². The first-order valence-corrected chi connectivity index (χ1v) is 19.6. The van der Waals surface area contributed by atoms with Gasteiger partial charge in [0, 0.05) is 49.1 Å². The molecule has 0 aliphatic carbocycles. The highest BCUT2D eigenvalue weighted by Crippen LogP contribution is 2.49. The standard InChI is InChI=1S/C52H38N4/c1-51(2)38-18-8-10-22-46(38)55-44-26-24-32(28-36(44)34-16-12-20-40(51)48(34)55)42-30-43(54-50(53-42)31-14-6-5-7-15-31)33-25-27-45-37(29-33)35-17-13-21-41-49(35)56(45)47-23-11-9-19-39(47)52(41,3)4/h5-30H,1-4H3. The maximum absolute atomic E-state index is 5.27. The second kappa shape index (κ2) is 10.9. The van der Waals surface area contributed by atoms with E-state index in [-0.39, 0.29) is 10.8 Å². The Kier molecular flexibility index (Phi) is 6.15. The molecule has 0 amide bonds. The summed E-state index contributed by atoms with van der Waals surface area (Å²) in [6.07, 6.45) is 0. The Bertz CT molecular complexity index is 3100. The molecule has 10 aromatic rings. The monoisotopic (exact) mass is 718 g/mol. The Morgan fingerprint density at radius 3 is 1.32 bits per heavy atom. The molecule has 3 aromatic heterocycles. The lowest BCUT2D eigenvalue weighted by Crippen LogP contribution is -2.26. The highest BCUT2D eigenvalue weighted by atomic mass is 15.0. The number of hydrogen-bond acceptors (Lipinski definition) is 2. The van der Waals surface area contributed by atoms with E-state index in [2.05, 4.69) is 188 Å². The molecule has 56 heavy (non-hydrogen) atoms. The molecule has 0 radical (unpaired) electrons. The van der Waals surface area contributed by atoms with Crippen LogP contribution in [0.15, 0.2) is 158 Å². The summed E-state index contributed by atoms with van der Waals surface area (Å²) in [6.45, 7) is 9.40. The van der Waals surface area contributed by atoms with E-state index in [0.717, 1.165) is 33.9 Å². The first-order valence-electron chi connectivity index (χ1n) is 19.6. The van der Waals surface area contributed by atoms with Crippen molar-refractivity contribution >= 4 is 43.6 Å². The molecule has 7 aromatic carbocycles. The summed E-state index contributed by atoms with van der Waals surface area (Å²) < 4.78 is 4.94. The van der Waals surface area contributed by atoms with E-state index < -0.39 is 0 Å². The zero-order valence-corrected chi connectivity index (χ0v) is 31.8. The van der Waals surface area contributed by atoms with Crippen LogP contribution in [0.5, 0.6) is 0 Å². The molecule has 0 unspecified atom stereocenters. The smallest absolute Gasteiger partial charge is 0.160 e. The first-order chi connectivity index (χ1) is 27.3. The molecular formula is C52H38N4. The SMILES string of the molecule is CC1(C)c2ccccc2-n2c3ccc(-c4cc(-c5ccc6c(c5)c5cccc7c5n6-c5ccccc5C7(C)C)nc(-c5ccccc5)n4)cc3c3cccc1c32. The lowest BCUT2D eigenvalue weighted by Gasteiger charge is -2.34. The van der Waals surface area contributed by atoms with Crippen LogP contribution in [0.4, 0.5) is 0 Å². The fourth-order valence-corrected chi connectivity index (χ4v) is 10.1. The third kappa shape index (κ3) is 4.08. The van der Waals surface area contributed by atoms with E-state index in [1.807, 2.05) is 6.07 Å². The highest BCUT2D eigenvalue weighted by molar-refractivity contribution is 6.14. The van der Waals surface area contributed by atoms with Crippen LogP contribution in [0.1, 0.15) is 49.9 Å². The summed E-state index contributed by atoms with van der Waals surface area (Å²) >= 11 is 0. The van der Waals surface area contributed by atoms with Crippen molar-refractivity contribution in [3.05, 3.63) is 180 Å². The van der Waals surface area contributed by atoms with Gasteiger partial charge >= 0.3 is 0 Å². The van der Waals surface area contributed by atoms with Gasteiger partial charge in [-0.2, -0.15) is 0 Å². The topological polar surface area (TPSA) is 35.6 Å². The van der Waals surface area contributed by atoms with Crippen LogP contribution in [0, 0.1) is 0 Å². The largest absolute Gasteiger partial charge is 0.309 e. The summed E-state index contributed by atoms with van der Waals surface area (Å²) in [5.74, 6) is 0.718. The Hall–Kier alpha value is -6.78. The minimum absolute atomic E-state index is 0.109. The van der Waals surface area contributed by atoms with Gasteiger partial charge in [-0.05, 0) is 64.7 Å². The van der Waals surface area contributed by atoms with E-state index in [1.54, 1.807) is 0 Å². The van der Waals surface area contributed by atoms with E-state index in [0.29, 0.717) is 0 Å². The number of fused-ring (bicyclic) bond motifs is 10. The van der Waals surface area contributed by atoms with Crippen molar-refractivity contribution in [3.8, 4) is 45.3 Å². The minimum atomic E-state index is -0.109. The molecule has 4 heteroatoms. The van der Waals surface area contributed by atoms with Crippen molar-refractivity contribution < 1.29 is 0 Å². The van der Waals surface area contributed by atoms with E-state index in [4.69, 9.17) is 9.97 Å². The Balaban J connectivity index is 1.08. The summed E-state index contributed by atoms with van der Waals surface area (Å²) in [7, 11) is 0. The molecule has 0 saturated heterocycles. The second-order valence-corrected chi connectivity index (χ2v) is 16.7. The number of para-hydroxylation sites is 4. The van der Waals surface area contributed by atoms with Gasteiger partial charge in [0.1, 0.15) is 0 Å². The number of hydrogen-bond donors (Lipinski definition) is 0. The number of benzene rings is 7. The van der Waals surface area contributed by atoms with Gasteiger partial charge in [0.2, 0.25) is 0 Å². The van der Waals surface area contributed by atoms with Crippen molar-refractivity contribution in [2.45, 2.75) is 38.5 Å². The fraction of sp³-hybridized carbons (Fsp3) is 0.115. The third-order valence-corrected chi connectivity index (χ3v) is 12.9. The number of aromatic nitrogens is 4. The molecule has 5 heterocycles. The van der Waals surface area contributed by atoms with Crippen LogP contribution in [0.2, 0.25) is 0 Å². The molecular weight excluding hydrogens is 681 g/mol. The maximum atomic E-state index is 5.27. The summed E-state index contributed by atoms with van der Waals surface area (Å²) in [4.78, 5) is 10.5. The van der Waals surface area contributed by atoms with Crippen molar-refractivity contribution in [1.82, 2.24) is 19.1 Å². The lowest BCUT2D eigenvalue weighted by atomic mass is 9.75. The Morgan fingerprint density at radius 2 is 0.821 bits per heavy atom. The van der Waals surface area contributed by atoms with Gasteiger partial charge < -0.3 is 9.13 Å². The molecule has 0 saturated carbocycles. The molecule has 0 fully saturated rings. The molecule has 12 rings (SSSR count). The van der Waals surface area contributed by atoms with Crippen LogP contribution in [0.25, 0.3) is 88.9 Å². The van der Waals surface area contributed by atoms with Crippen molar-refractivity contribution in [3.63, 3.8) is 0 Å². The number of nitrogens with zero attached hydrogens (tertiary/aromatic N) is 4. The normalized spacial score (nSPS) is 14.7. The van der Waals surface area contributed by atoms with Crippen LogP contribution in [-0.4, -0.2) is 19.1 Å².